The van der Waals surface area contributed by atoms with Gasteiger partial charge >= 0.3 is 5.97 Å². The minimum Gasteiger partial charge on any atom is -0.494 e. The third-order valence-electron chi connectivity index (χ3n) is 7.19. The standard InChI is InChI=1S/C34H54NO3/c1-4-5-6-7-8-9-10-11-12-14-19-31-22-24-33(25-23-31)37-28-17-18-29-38-34(36)26-27-35(2,3)30-32-20-15-13-16-21-32/h13,15-16,20-25H,4-12,14,17-19,26-30H2,1-3H3/q+1. The van der Waals surface area contributed by atoms with Crippen LogP contribution in [0.4, 0.5) is 0 Å². The van der Waals surface area contributed by atoms with Crippen molar-refractivity contribution in [2.24, 2.45) is 0 Å². The molecule has 4 nitrogen and oxygen atoms in total. The van der Waals surface area contributed by atoms with Crippen molar-refractivity contribution in [3.8, 4) is 5.75 Å². The Labute approximate surface area is 233 Å². The minimum absolute atomic E-state index is 0.108. The highest BCUT2D eigenvalue weighted by molar-refractivity contribution is 5.69. The van der Waals surface area contributed by atoms with Crippen LogP contribution < -0.4 is 4.74 Å². The molecule has 0 radical (unpaired) electrons. The first-order chi connectivity index (χ1) is 18.5. The summed E-state index contributed by atoms with van der Waals surface area (Å²) in [6.07, 6.45) is 17.1. The molecule has 0 amide bonds. The molecular formula is C34H54NO3+. The first kappa shape index (κ1) is 31.9. The molecule has 212 valence electrons. The van der Waals surface area contributed by atoms with Crippen LogP contribution in [0.5, 0.6) is 5.75 Å². The van der Waals surface area contributed by atoms with Gasteiger partial charge in [-0.25, -0.2) is 0 Å². The number of hydrogen-bond acceptors (Lipinski definition) is 3. The van der Waals surface area contributed by atoms with Crippen LogP contribution in [0, 0.1) is 0 Å². The minimum atomic E-state index is -0.108. The molecule has 2 aromatic rings. The SMILES string of the molecule is CCCCCCCCCCCCc1ccc(OCCCCOC(=O)CC[N+](C)(C)Cc2ccccc2)cc1. The summed E-state index contributed by atoms with van der Waals surface area (Å²) in [6.45, 7) is 5.07. The second kappa shape index (κ2) is 19.7. The number of quaternary nitrogens is 1. The van der Waals surface area contributed by atoms with Crippen molar-refractivity contribution >= 4 is 5.97 Å². The normalized spacial score (nSPS) is 11.4. The van der Waals surface area contributed by atoms with E-state index in [1.54, 1.807) is 0 Å². The fourth-order valence-electron chi connectivity index (χ4n) is 4.77. The lowest BCUT2D eigenvalue weighted by molar-refractivity contribution is -0.903. The van der Waals surface area contributed by atoms with E-state index < -0.39 is 0 Å². The van der Waals surface area contributed by atoms with E-state index in [1.807, 2.05) is 6.07 Å². The molecule has 0 saturated carbocycles. The van der Waals surface area contributed by atoms with Crippen molar-refractivity contribution in [3.05, 3.63) is 65.7 Å². The van der Waals surface area contributed by atoms with Crippen LogP contribution in [-0.4, -0.2) is 44.3 Å². The number of benzene rings is 2. The highest BCUT2D eigenvalue weighted by atomic mass is 16.5. The molecule has 0 bridgehead atoms. The lowest BCUT2D eigenvalue weighted by Crippen LogP contribution is -2.40. The lowest BCUT2D eigenvalue weighted by Gasteiger charge is -2.29. The van der Waals surface area contributed by atoms with Crippen LogP contribution in [0.15, 0.2) is 54.6 Å². The third kappa shape index (κ3) is 15.8. The summed E-state index contributed by atoms with van der Waals surface area (Å²) in [5, 5.41) is 0. The predicted octanol–water partition coefficient (Wildman–Crippen LogP) is 8.52. The number of unbranched alkanes of at least 4 members (excludes halogenated alkanes) is 10. The van der Waals surface area contributed by atoms with E-state index in [0.29, 0.717) is 19.6 Å². The van der Waals surface area contributed by atoms with Crippen molar-refractivity contribution in [1.29, 1.82) is 0 Å². The van der Waals surface area contributed by atoms with E-state index in [2.05, 4.69) is 69.6 Å². The zero-order valence-corrected chi connectivity index (χ0v) is 24.6. The molecule has 0 saturated heterocycles. The monoisotopic (exact) mass is 524 g/mol. The van der Waals surface area contributed by atoms with Gasteiger partial charge in [-0.15, -0.1) is 0 Å². The van der Waals surface area contributed by atoms with Gasteiger partial charge in [-0.1, -0.05) is 107 Å². The first-order valence-corrected chi connectivity index (χ1v) is 15.2. The Morgan fingerprint density at radius 1 is 0.684 bits per heavy atom. The van der Waals surface area contributed by atoms with E-state index in [0.717, 1.165) is 42.6 Å². The maximum atomic E-state index is 12.1. The van der Waals surface area contributed by atoms with Crippen LogP contribution >= 0.6 is 0 Å². The summed E-state index contributed by atoms with van der Waals surface area (Å²) < 4.78 is 12.1. The van der Waals surface area contributed by atoms with Crippen LogP contribution in [-0.2, 0) is 22.5 Å². The number of carbonyl (C=O) groups excluding carboxylic acids is 1. The van der Waals surface area contributed by atoms with Gasteiger partial charge in [-0.2, -0.15) is 0 Å². The van der Waals surface area contributed by atoms with Crippen molar-refractivity contribution in [2.75, 3.05) is 33.9 Å². The Kier molecular flexibility index (Phi) is 16.5. The summed E-state index contributed by atoms with van der Waals surface area (Å²) in [5.41, 5.74) is 2.68. The molecule has 0 aromatic heterocycles. The number of ether oxygens (including phenoxy) is 2. The van der Waals surface area contributed by atoms with Gasteiger partial charge in [0.25, 0.3) is 0 Å². The van der Waals surface area contributed by atoms with E-state index in [9.17, 15) is 4.79 Å². The first-order valence-electron chi connectivity index (χ1n) is 15.2. The summed E-state index contributed by atoms with van der Waals surface area (Å²) in [6, 6.07) is 19.0. The van der Waals surface area contributed by atoms with Gasteiger partial charge in [0.1, 0.15) is 12.3 Å². The third-order valence-corrected chi connectivity index (χ3v) is 7.19. The summed E-state index contributed by atoms with van der Waals surface area (Å²) in [4.78, 5) is 12.1. The number of rotatable bonds is 22. The molecule has 0 unspecified atom stereocenters. The molecule has 0 aliphatic heterocycles. The van der Waals surface area contributed by atoms with Crippen LogP contribution in [0.2, 0.25) is 0 Å². The summed E-state index contributed by atoms with van der Waals surface area (Å²) in [7, 11) is 4.31. The average molecular weight is 525 g/mol. The molecule has 2 aromatic carbocycles. The maximum Gasteiger partial charge on any atom is 0.311 e. The predicted molar refractivity (Wildman–Crippen MR) is 159 cm³/mol. The Hall–Kier alpha value is -2.33. The van der Waals surface area contributed by atoms with E-state index in [1.165, 1.54) is 75.3 Å². The Bertz CT molecular complexity index is 848. The molecule has 2 rings (SSSR count). The number of carbonyl (C=O) groups is 1. The molecule has 0 heterocycles. The topological polar surface area (TPSA) is 35.5 Å². The number of esters is 1. The molecule has 0 atom stereocenters. The fourth-order valence-corrected chi connectivity index (χ4v) is 4.77. The van der Waals surface area contributed by atoms with Crippen molar-refractivity contribution in [2.45, 2.75) is 103 Å². The van der Waals surface area contributed by atoms with Crippen molar-refractivity contribution in [1.82, 2.24) is 0 Å². The molecule has 0 spiro atoms. The van der Waals surface area contributed by atoms with Crippen molar-refractivity contribution in [3.63, 3.8) is 0 Å². The number of hydrogen-bond donors (Lipinski definition) is 0. The average Bonchev–Trinajstić information content (AvgIpc) is 2.91. The van der Waals surface area contributed by atoms with Crippen LogP contribution in [0.3, 0.4) is 0 Å². The molecule has 0 N–H and O–H groups in total. The molecule has 0 aliphatic rings. The molecule has 0 aliphatic carbocycles. The smallest absolute Gasteiger partial charge is 0.311 e. The summed E-state index contributed by atoms with van der Waals surface area (Å²) in [5.74, 6) is 0.815. The second-order valence-electron chi connectivity index (χ2n) is 11.4. The second-order valence-corrected chi connectivity index (χ2v) is 11.4. The van der Waals surface area contributed by atoms with Crippen LogP contribution in [0.25, 0.3) is 0 Å². The zero-order chi connectivity index (χ0) is 27.3. The Morgan fingerprint density at radius 3 is 1.95 bits per heavy atom. The van der Waals surface area contributed by atoms with Gasteiger partial charge in [0, 0.05) is 5.56 Å². The van der Waals surface area contributed by atoms with Gasteiger partial charge in [-0.05, 0) is 43.4 Å². The number of nitrogens with zero attached hydrogens (tertiary/aromatic N) is 1. The van der Waals surface area contributed by atoms with Gasteiger partial charge in [-0.3, -0.25) is 4.79 Å². The molecular weight excluding hydrogens is 470 g/mol. The zero-order valence-electron chi connectivity index (χ0n) is 24.6. The van der Waals surface area contributed by atoms with Gasteiger partial charge < -0.3 is 14.0 Å². The summed E-state index contributed by atoms with van der Waals surface area (Å²) >= 11 is 0. The lowest BCUT2D eigenvalue weighted by atomic mass is 10.0. The van der Waals surface area contributed by atoms with E-state index in [4.69, 9.17) is 9.47 Å². The van der Waals surface area contributed by atoms with Gasteiger partial charge in [0.05, 0.1) is 40.3 Å². The molecule has 0 fully saturated rings. The fraction of sp³-hybridized carbons (Fsp3) is 0.618. The molecule has 38 heavy (non-hydrogen) atoms. The van der Waals surface area contributed by atoms with E-state index >= 15 is 0 Å². The molecule has 4 heteroatoms. The Balaban J connectivity index is 1.44. The van der Waals surface area contributed by atoms with Gasteiger partial charge in [0.2, 0.25) is 0 Å². The Morgan fingerprint density at radius 2 is 1.29 bits per heavy atom. The van der Waals surface area contributed by atoms with Gasteiger partial charge in [0.15, 0.2) is 0 Å². The largest absolute Gasteiger partial charge is 0.494 e. The highest BCUT2D eigenvalue weighted by Gasteiger charge is 2.18. The quantitative estimate of drug-likeness (QED) is 0.0879. The van der Waals surface area contributed by atoms with Crippen LogP contribution in [0.1, 0.15) is 102 Å². The van der Waals surface area contributed by atoms with E-state index in [-0.39, 0.29) is 5.97 Å². The maximum absolute atomic E-state index is 12.1. The number of aryl methyl sites for hydroxylation is 1. The van der Waals surface area contributed by atoms with Crippen molar-refractivity contribution < 1.29 is 18.8 Å². The highest BCUT2D eigenvalue weighted by Crippen LogP contribution is 2.16.